The monoisotopic (exact) mass is 500 g/mol. The van der Waals surface area contributed by atoms with Crippen molar-refractivity contribution in [2.75, 3.05) is 37.9 Å². The normalized spacial score (nSPS) is 28.2. The molecule has 0 spiro atoms. The lowest BCUT2D eigenvalue weighted by Crippen LogP contribution is -2.58. The Hall–Kier alpha value is 0.380. The van der Waals surface area contributed by atoms with Gasteiger partial charge < -0.3 is 39.4 Å². The largest absolute Gasteiger partial charge is 0.393 e. The Labute approximate surface area is 201 Å². The van der Waals surface area contributed by atoms with Gasteiger partial charge in [0.2, 0.25) is 0 Å². The van der Waals surface area contributed by atoms with Gasteiger partial charge in [-0.2, -0.15) is 0 Å². The fourth-order valence-electron chi connectivity index (χ4n) is 2.98. The number of hydrogen-bond donors (Lipinski definition) is 4. The van der Waals surface area contributed by atoms with E-state index in [2.05, 4.69) is 20.8 Å². The molecule has 1 aliphatic heterocycles. The third-order valence-corrected chi connectivity index (χ3v) is 7.48. The molecule has 1 fully saturated rings. The van der Waals surface area contributed by atoms with Crippen LogP contribution in [0.2, 0.25) is 0 Å². The molecule has 32 heavy (non-hydrogen) atoms. The van der Waals surface area contributed by atoms with E-state index >= 15 is 0 Å². The van der Waals surface area contributed by atoms with Crippen LogP contribution in [0, 0.1) is 5.92 Å². The molecule has 1 heterocycles. The highest BCUT2D eigenvalue weighted by Gasteiger charge is 2.44. The summed E-state index contributed by atoms with van der Waals surface area (Å²) in [5.74, 6) is 1.89. The van der Waals surface area contributed by atoms with Gasteiger partial charge in [0.05, 0.1) is 24.9 Å². The standard InChI is InChI=1S/C22H44O8S2/c1-15(2)7-11-28-17(4)8-10-27-12-13-31-32-14-18-19(24)20(25)21(26)22(30-18)29-9-5-6-16(3)23/h15-26H,5-14H2,1-4H3. The predicted molar refractivity (Wildman–Crippen MR) is 129 cm³/mol. The van der Waals surface area contributed by atoms with E-state index in [1.165, 1.54) is 10.8 Å². The molecule has 1 aliphatic rings. The van der Waals surface area contributed by atoms with Gasteiger partial charge in [0.15, 0.2) is 6.29 Å². The molecule has 0 aromatic rings. The summed E-state index contributed by atoms with van der Waals surface area (Å²) in [5.41, 5.74) is 0. The van der Waals surface area contributed by atoms with E-state index < -0.39 is 36.8 Å². The molecular formula is C22H44O8S2. The van der Waals surface area contributed by atoms with Crippen LogP contribution in [-0.2, 0) is 18.9 Å². The first kappa shape index (κ1) is 30.4. The fourth-order valence-corrected chi connectivity index (χ4v) is 5.04. The van der Waals surface area contributed by atoms with Crippen molar-refractivity contribution in [1.82, 2.24) is 0 Å². The third-order valence-electron chi connectivity index (χ3n) is 5.11. The SMILES string of the molecule is CC(C)CCOC(C)CCOCCSSCC1OC(OCCCC(C)O)C(O)C(O)C1O. The summed E-state index contributed by atoms with van der Waals surface area (Å²) in [5, 5.41) is 39.7. The summed E-state index contributed by atoms with van der Waals surface area (Å²) in [4.78, 5) is 0. The molecule has 0 aromatic carbocycles. The Morgan fingerprint density at radius 2 is 1.59 bits per heavy atom. The first-order chi connectivity index (χ1) is 15.2. The number of aliphatic hydroxyl groups excluding tert-OH is 4. The average Bonchev–Trinajstić information content (AvgIpc) is 2.73. The Bertz CT molecular complexity index is 458. The third kappa shape index (κ3) is 13.3. The molecule has 1 rings (SSSR count). The molecule has 0 bridgehead atoms. The van der Waals surface area contributed by atoms with Crippen molar-refractivity contribution >= 4 is 21.6 Å². The number of ether oxygens (including phenoxy) is 4. The van der Waals surface area contributed by atoms with Crippen LogP contribution in [0.3, 0.4) is 0 Å². The molecule has 7 unspecified atom stereocenters. The molecular weight excluding hydrogens is 456 g/mol. The lowest BCUT2D eigenvalue weighted by molar-refractivity contribution is -0.292. The Kier molecular flexibility index (Phi) is 16.9. The van der Waals surface area contributed by atoms with Crippen LogP contribution >= 0.6 is 21.6 Å². The Morgan fingerprint density at radius 3 is 2.28 bits per heavy atom. The van der Waals surface area contributed by atoms with Crippen molar-refractivity contribution in [3.05, 3.63) is 0 Å². The van der Waals surface area contributed by atoms with Gasteiger partial charge in [-0.15, -0.1) is 0 Å². The number of aliphatic hydroxyl groups is 4. The van der Waals surface area contributed by atoms with Crippen LogP contribution in [0.15, 0.2) is 0 Å². The quantitative estimate of drug-likeness (QED) is 0.165. The zero-order chi connectivity index (χ0) is 23.9. The molecule has 1 saturated heterocycles. The van der Waals surface area contributed by atoms with Crippen LogP contribution in [-0.4, -0.2) is 101 Å². The van der Waals surface area contributed by atoms with Crippen LogP contribution in [0.25, 0.3) is 0 Å². The highest BCUT2D eigenvalue weighted by atomic mass is 33.1. The molecule has 0 aliphatic carbocycles. The summed E-state index contributed by atoms with van der Waals surface area (Å²) in [6.45, 7) is 10.5. The second kappa shape index (κ2) is 17.8. The predicted octanol–water partition coefficient (Wildman–Crippen LogP) is 2.21. The van der Waals surface area contributed by atoms with Crippen molar-refractivity contribution in [3.63, 3.8) is 0 Å². The first-order valence-corrected chi connectivity index (χ1v) is 14.1. The zero-order valence-electron chi connectivity index (χ0n) is 19.9. The fraction of sp³-hybridized carbons (Fsp3) is 1.00. The maximum Gasteiger partial charge on any atom is 0.186 e. The summed E-state index contributed by atoms with van der Waals surface area (Å²) in [6.07, 6.45) is -2.53. The molecule has 7 atom stereocenters. The summed E-state index contributed by atoms with van der Waals surface area (Å²) < 4.78 is 22.6. The summed E-state index contributed by atoms with van der Waals surface area (Å²) in [6, 6.07) is 0. The van der Waals surface area contributed by atoms with Gasteiger partial charge in [0, 0.05) is 31.3 Å². The minimum atomic E-state index is -1.32. The molecule has 0 radical (unpaired) electrons. The highest BCUT2D eigenvalue weighted by Crippen LogP contribution is 2.29. The van der Waals surface area contributed by atoms with Crippen molar-refractivity contribution < 1.29 is 39.4 Å². The highest BCUT2D eigenvalue weighted by molar-refractivity contribution is 8.76. The molecule has 10 heteroatoms. The van der Waals surface area contributed by atoms with Gasteiger partial charge in [-0.1, -0.05) is 35.4 Å². The molecule has 0 saturated carbocycles. The average molecular weight is 501 g/mol. The zero-order valence-corrected chi connectivity index (χ0v) is 21.6. The van der Waals surface area contributed by atoms with Crippen LogP contribution in [0.1, 0.15) is 53.4 Å². The second-order valence-corrected chi connectivity index (χ2v) is 11.4. The van der Waals surface area contributed by atoms with Crippen LogP contribution < -0.4 is 0 Å². The minimum Gasteiger partial charge on any atom is -0.393 e. The van der Waals surface area contributed by atoms with Crippen LogP contribution in [0.5, 0.6) is 0 Å². The van der Waals surface area contributed by atoms with E-state index in [4.69, 9.17) is 18.9 Å². The van der Waals surface area contributed by atoms with E-state index in [-0.39, 0.29) is 6.10 Å². The Balaban J connectivity index is 2.13. The Morgan fingerprint density at radius 1 is 0.844 bits per heavy atom. The van der Waals surface area contributed by atoms with Crippen molar-refractivity contribution in [2.24, 2.45) is 5.92 Å². The van der Waals surface area contributed by atoms with Crippen molar-refractivity contribution in [3.8, 4) is 0 Å². The molecule has 8 nitrogen and oxygen atoms in total. The minimum absolute atomic E-state index is 0.199. The van der Waals surface area contributed by atoms with E-state index in [1.54, 1.807) is 17.7 Å². The maximum absolute atomic E-state index is 10.2. The van der Waals surface area contributed by atoms with Gasteiger partial charge in [-0.05, 0) is 45.4 Å². The van der Waals surface area contributed by atoms with E-state index in [0.29, 0.717) is 44.3 Å². The molecule has 0 aromatic heterocycles. The summed E-state index contributed by atoms with van der Waals surface area (Å²) >= 11 is 0. The maximum atomic E-state index is 10.2. The molecule has 0 amide bonds. The van der Waals surface area contributed by atoms with Crippen molar-refractivity contribution in [2.45, 2.75) is 96.3 Å². The number of hydrogen-bond acceptors (Lipinski definition) is 10. The second-order valence-electron chi connectivity index (χ2n) is 8.75. The topological polar surface area (TPSA) is 118 Å². The number of rotatable bonds is 18. The van der Waals surface area contributed by atoms with Gasteiger partial charge in [-0.3, -0.25) is 0 Å². The van der Waals surface area contributed by atoms with Gasteiger partial charge in [0.1, 0.15) is 18.3 Å². The smallest absolute Gasteiger partial charge is 0.186 e. The molecule has 4 N–H and O–H groups in total. The van der Waals surface area contributed by atoms with E-state index in [0.717, 1.165) is 25.2 Å². The van der Waals surface area contributed by atoms with Gasteiger partial charge >= 0.3 is 0 Å². The molecule has 192 valence electrons. The van der Waals surface area contributed by atoms with E-state index in [1.807, 2.05) is 0 Å². The van der Waals surface area contributed by atoms with Crippen molar-refractivity contribution in [1.29, 1.82) is 0 Å². The van der Waals surface area contributed by atoms with E-state index in [9.17, 15) is 20.4 Å². The lowest BCUT2D eigenvalue weighted by atomic mass is 10.00. The lowest BCUT2D eigenvalue weighted by Gasteiger charge is -2.40. The van der Waals surface area contributed by atoms with Gasteiger partial charge in [-0.25, -0.2) is 0 Å². The summed E-state index contributed by atoms with van der Waals surface area (Å²) in [7, 11) is 3.13. The van der Waals surface area contributed by atoms with Crippen LogP contribution in [0.4, 0.5) is 0 Å². The van der Waals surface area contributed by atoms with Gasteiger partial charge in [0.25, 0.3) is 0 Å². The first-order valence-electron chi connectivity index (χ1n) is 11.7.